The quantitative estimate of drug-likeness (QED) is 0.185. The molecule has 10 nitrogen and oxygen atoms in total. The first kappa shape index (κ1) is 28.8. The Morgan fingerprint density at radius 1 is 1.13 bits per heavy atom. The second-order valence-corrected chi connectivity index (χ2v) is 9.19. The van der Waals surface area contributed by atoms with Gasteiger partial charge in [0.25, 0.3) is 5.60 Å². The summed E-state index contributed by atoms with van der Waals surface area (Å²) in [6.07, 6.45) is -8.70. The number of alkyl halides is 3. The van der Waals surface area contributed by atoms with E-state index in [1.807, 2.05) is 30.3 Å². The molecule has 2 heterocycles. The molecule has 0 aromatic heterocycles. The van der Waals surface area contributed by atoms with Crippen LogP contribution in [-0.4, -0.2) is 69.7 Å². The smallest absolute Gasteiger partial charge is 0.432 e. The lowest BCUT2D eigenvalue weighted by atomic mass is 9.84. The van der Waals surface area contributed by atoms with Crippen LogP contribution < -0.4 is 0 Å². The van der Waals surface area contributed by atoms with Gasteiger partial charge in [-0.05, 0) is 11.1 Å². The Morgan fingerprint density at radius 2 is 1.79 bits per heavy atom. The van der Waals surface area contributed by atoms with E-state index in [0.29, 0.717) is 0 Å². The molecule has 39 heavy (non-hydrogen) atoms. The van der Waals surface area contributed by atoms with E-state index in [9.17, 15) is 23.5 Å². The highest BCUT2D eigenvalue weighted by Gasteiger charge is 2.65. The molecule has 13 heteroatoms. The average Bonchev–Trinajstić information content (AvgIpc) is 2.92. The van der Waals surface area contributed by atoms with Crippen LogP contribution in [0.5, 0.6) is 0 Å². The molecule has 0 saturated carbocycles. The molecule has 0 N–H and O–H groups in total. The van der Waals surface area contributed by atoms with Crippen LogP contribution >= 0.6 is 0 Å². The molecule has 0 spiro atoms. The normalized spacial score (nSPS) is 28.1. The number of carbonyl (C=O) groups excluding carboxylic acids is 1. The van der Waals surface area contributed by atoms with Crippen LogP contribution in [0, 0.1) is 0 Å². The first-order chi connectivity index (χ1) is 18.7. The predicted molar refractivity (Wildman–Crippen MR) is 129 cm³/mol. The van der Waals surface area contributed by atoms with Gasteiger partial charge in [0.15, 0.2) is 6.29 Å². The monoisotopic (exact) mass is 551 g/mol. The fourth-order valence-corrected chi connectivity index (χ4v) is 5.03. The molecule has 0 unspecified atom stereocenters. The number of hydrogen-bond donors (Lipinski definition) is 0. The van der Waals surface area contributed by atoms with Crippen LogP contribution in [0.25, 0.3) is 10.4 Å². The summed E-state index contributed by atoms with van der Waals surface area (Å²) in [6, 6.07) is 14.5. The number of rotatable bonds is 10. The molecule has 4 rings (SSSR count). The summed E-state index contributed by atoms with van der Waals surface area (Å²) in [4.78, 5) is 16.2. The number of benzene rings is 2. The molecule has 2 bridgehead atoms. The number of hydrogen-bond acceptors (Lipinski definition) is 8. The van der Waals surface area contributed by atoms with E-state index in [2.05, 4.69) is 10.0 Å². The van der Waals surface area contributed by atoms with Crippen LogP contribution in [0.3, 0.4) is 0 Å². The molecule has 2 aliphatic heterocycles. The second-order valence-electron chi connectivity index (χ2n) is 9.19. The zero-order chi connectivity index (χ0) is 28.1. The highest BCUT2D eigenvalue weighted by Crippen LogP contribution is 2.45. The van der Waals surface area contributed by atoms with E-state index < -0.39 is 53.5 Å². The SMILES string of the molecule is CO[C@@H]1OC[C@@H]2O[C@@]1(COCc1ccccc1)C[C@@H](OC(=O)[C@](OC)(c1ccccc1)C(F)(F)F)[C@H]2N=[N+]=[N-]. The maximum atomic E-state index is 14.5. The van der Waals surface area contributed by atoms with Crippen molar-refractivity contribution < 1.29 is 46.4 Å². The number of carbonyl (C=O) groups is 1. The maximum Gasteiger partial charge on any atom is 0.432 e. The van der Waals surface area contributed by atoms with Crippen molar-refractivity contribution in [1.29, 1.82) is 0 Å². The lowest BCUT2D eigenvalue weighted by Gasteiger charge is -2.53. The Labute approximate surface area is 222 Å². The van der Waals surface area contributed by atoms with E-state index in [4.69, 9.17) is 28.4 Å². The minimum atomic E-state index is -5.18. The summed E-state index contributed by atoms with van der Waals surface area (Å²) >= 11 is 0. The molecule has 2 aromatic rings. The van der Waals surface area contributed by atoms with Gasteiger partial charge >= 0.3 is 12.1 Å². The largest absolute Gasteiger partial charge is 0.459 e. The second kappa shape index (κ2) is 11.9. The Kier molecular flexibility index (Phi) is 8.80. The van der Waals surface area contributed by atoms with E-state index in [1.54, 1.807) is 0 Å². The van der Waals surface area contributed by atoms with Crippen molar-refractivity contribution in [2.24, 2.45) is 5.11 Å². The number of ether oxygens (including phenoxy) is 6. The molecule has 0 aliphatic carbocycles. The van der Waals surface area contributed by atoms with Gasteiger partial charge < -0.3 is 28.4 Å². The Balaban J connectivity index is 1.65. The fraction of sp³-hybridized carbons (Fsp3) is 0.500. The van der Waals surface area contributed by atoms with Crippen molar-refractivity contribution in [1.82, 2.24) is 0 Å². The van der Waals surface area contributed by atoms with Crippen molar-refractivity contribution in [2.75, 3.05) is 27.4 Å². The van der Waals surface area contributed by atoms with E-state index in [1.165, 1.54) is 25.3 Å². The van der Waals surface area contributed by atoms with Gasteiger partial charge in [0.05, 0.1) is 25.9 Å². The lowest BCUT2D eigenvalue weighted by Crippen LogP contribution is -2.67. The average molecular weight is 552 g/mol. The number of azide groups is 1. The van der Waals surface area contributed by atoms with Gasteiger partial charge in [0.2, 0.25) is 0 Å². The van der Waals surface area contributed by atoms with Gasteiger partial charge in [-0.1, -0.05) is 65.8 Å². The third kappa shape index (κ3) is 5.60. The van der Waals surface area contributed by atoms with E-state index in [-0.39, 0.29) is 26.2 Å². The van der Waals surface area contributed by atoms with Crippen molar-refractivity contribution in [2.45, 2.75) is 54.9 Å². The third-order valence-corrected chi connectivity index (χ3v) is 6.82. The fourth-order valence-electron chi connectivity index (χ4n) is 5.03. The molecule has 6 atom stereocenters. The number of fused-ring (bicyclic) bond motifs is 2. The first-order valence-corrected chi connectivity index (χ1v) is 12.1. The highest BCUT2D eigenvalue weighted by atomic mass is 19.4. The number of nitrogens with zero attached hydrogens (tertiary/aromatic N) is 3. The first-order valence-electron chi connectivity index (χ1n) is 12.1. The maximum absolute atomic E-state index is 14.5. The molecule has 0 radical (unpaired) electrons. The van der Waals surface area contributed by atoms with Crippen LogP contribution in [0.4, 0.5) is 13.2 Å². The van der Waals surface area contributed by atoms with E-state index >= 15 is 0 Å². The zero-order valence-corrected chi connectivity index (χ0v) is 21.2. The zero-order valence-electron chi connectivity index (χ0n) is 21.2. The van der Waals surface area contributed by atoms with Crippen LogP contribution in [0.1, 0.15) is 17.5 Å². The van der Waals surface area contributed by atoms with Gasteiger partial charge in [-0.3, -0.25) is 0 Å². The molecule has 2 fully saturated rings. The number of esters is 1. The van der Waals surface area contributed by atoms with Crippen molar-refractivity contribution >= 4 is 5.97 Å². The summed E-state index contributed by atoms with van der Waals surface area (Å²) in [7, 11) is 2.15. The molecular weight excluding hydrogens is 523 g/mol. The van der Waals surface area contributed by atoms with Gasteiger partial charge in [0, 0.05) is 31.1 Å². The number of methoxy groups -OCH3 is 2. The predicted octanol–water partition coefficient (Wildman–Crippen LogP) is 4.43. The van der Waals surface area contributed by atoms with E-state index in [0.717, 1.165) is 24.8 Å². The number of halogens is 3. The molecule has 2 saturated heterocycles. The summed E-state index contributed by atoms with van der Waals surface area (Å²) in [6.45, 7) is -0.0302. The summed E-state index contributed by atoms with van der Waals surface area (Å²) < 4.78 is 77.1. The summed E-state index contributed by atoms with van der Waals surface area (Å²) in [5.41, 5.74) is 4.80. The third-order valence-electron chi connectivity index (χ3n) is 6.82. The highest BCUT2D eigenvalue weighted by molar-refractivity contribution is 5.83. The molecule has 2 aliphatic rings. The Hall–Kier alpha value is -3.19. The molecular formula is C26H28F3N3O7. The topological polar surface area (TPSA) is 121 Å². The minimum Gasteiger partial charge on any atom is -0.459 e. The molecule has 0 amide bonds. The standard InChI is InChI=1S/C26H28F3N3O7/c1-34-23-24(16-36-14-17-9-5-3-6-10-17)13-19(21(31-32-30)20(39-24)15-37-23)38-22(33)25(35-2,26(27,28)29)18-11-7-4-8-12-18/h3-12,19-21,23H,13-16H2,1-2H3/t19-,20+,21-,23-,24-,25-/m1/s1. The Morgan fingerprint density at radius 3 is 2.38 bits per heavy atom. The van der Waals surface area contributed by atoms with Crippen molar-refractivity contribution in [3.63, 3.8) is 0 Å². The minimum absolute atomic E-state index is 0.110. The molecule has 210 valence electrons. The van der Waals surface area contributed by atoms with Gasteiger partial charge in [-0.2, -0.15) is 13.2 Å². The summed E-state index contributed by atoms with van der Waals surface area (Å²) in [5, 5.41) is 3.69. The van der Waals surface area contributed by atoms with Gasteiger partial charge in [-0.25, -0.2) is 4.79 Å². The Bertz CT molecular complexity index is 1170. The lowest BCUT2D eigenvalue weighted by molar-refractivity contribution is -0.351. The van der Waals surface area contributed by atoms with Crippen molar-refractivity contribution in [3.8, 4) is 0 Å². The van der Waals surface area contributed by atoms with Crippen LogP contribution in [0.15, 0.2) is 65.8 Å². The molecule has 2 aromatic carbocycles. The van der Waals surface area contributed by atoms with Gasteiger partial charge in [-0.15, -0.1) is 0 Å². The van der Waals surface area contributed by atoms with Crippen molar-refractivity contribution in [3.05, 3.63) is 82.2 Å². The summed E-state index contributed by atoms with van der Waals surface area (Å²) in [5.74, 6) is -1.71. The van der Waals surface area contributed by atoms with Crippen LogP contribution in [-0.2, 0) is 45.4 Å². The van der Waals surface area contributed by atoms with Crippen LogP contribution in [0.2, 0.25) is 0 Å². The van der Waals surface area contributed by atoms with Gasteiger partial charge in [0.1, 0.15) is 17.7 Å².